The quantitative estimate of drug-likeness (QED) is 0.494. The van der Waals surface area contributed by atoms with Crippen molar-refractivity contribution in [1.29, 1.82) is 0 Å². The summed E-state index contributed by atoms with van der Waals surface area (Å²) in [4.78, 5) is 30.5. The first-order chi connectivity index (χ1) is 17.0. The number of benzene rings is 2. The molecule has 0 saturated carbocycles. The highest BCUT2D eigenvalue weighted by Crippen LogP contribution is 2.27. The Morgan fingerprint density at radius 3 is 2.40 bits per heavy atom. The molecular formula is C28H33FN4O2. The normalized spacial score (nSPS) is 15.3. The third-order valence-corrected chi connectivity index (χ3v) is 6.44. The third kappa shape index (κ3) is 5.78. The molecule has 7 heteroatoms. The summed E-state index contributed by atoms with van der Waals surface area (Å²) >= 11 is 0. The first-order valence-electron chi connectivity index (χ1n) is 12.4. The lowest BCUT2D eigenvalue weighted by Gasteiger charge is -2.30. The van der Waals surface area contributed by atoms with Crippen LogP contribution in [0.1, 0.15) is 61.9 Å². The lowest BCUT2D eigenvalue weighted by Crippen LogP contribution is -2.37. The van der Waals surface area contributed by atoms with Gasteiger partial charge in [0, 0.05) is 49.2 Å². The number of halogens is 1. The number of anilines is 1. The van der Waals surface area contributed by atoms with E-state index in [1.54, 1.807) is 24.5 Å². The van der Waals surface area contributed by atoms with E-state index in [-0.39, 0.29) is 23.4 Å². The Bertz CT molecular complexity index is 1160. The standard InChI is InChI=1S/C28H33FN4O2/c1-21(2)27(34)32-17-9-5-3-4-8-16-31(20-23-11-6-7-12-25(23)32)28(35)22-13-14-24(29)26(19-22)33-18-10-15-30-33/h6-7,10-15,18-19,21H,3-5,8-9,16-17,20H2,1-2H3. The molecule has 2 aromatic carbocycles. The summed E-state index contributed by atoms with van der Waals surface area (Å²) in [6.07, 6.45) is 8.21. The highest BCUT2D eigenvalue weighted by molar-refractivity contribution is 5.96. The molecule has 0 N–H and O–H groups in total. The molecule has 2 heterocycles. The first kappa shape index (κ1) is 24.6. The molecule has 1 aliphatic heterocycles. The van der Waals surface area contributed by atoms with E-state index in [0.29, 0.717) is 25.2 Å². The van der Waals surface area contributed by atoms with Crippen molar-refractivity contribution in [2.45, 2.75) is 52.5 Å². The summed E-state index contributed by atoms with van der Waals surface area (Å²) in [5.74, 6) is -0.623. The molecule has 184 valence electrons. The number of hydrogen-bond acceptors (Lipinski definition) is 3. The van der Waals surface area contributed by atoms with Crippen molar-refractivity contribution in [3.8, 4) is 5.69 Å². The van der Waals surface area contributed by atoms with Gasteiger partial charge < -0.3 is 9.80 Å². The number of rotatable bonds is 3. The molecule has 0 aliphatic carbocycles. The van der Waals surface area contributed by atoms with Crippen LogP contribution < -0.4 is 4.90 Å². The van der Waals surface area contributed by atoms with E-state index in [0.717, 1.165) is 43.4 Å². The second kappa shape index (κ2) is 11.3. The molecule has 0 atom stereocenters. The van der Waals surface area contributed by atoms with Crippen LogP contribution in [0.2, 0.25) is 0 Å². The predicted octanol–water partition coefficient (Wildman–Crippen LogP) is 5.61. The van der Waals surface area contributed by atoms with Gasteiger partial charge in [0.2, 0.25) is 5.91 Å². The minimum absolute atomic E-state index is 0.0924. The Balaban J connectivity index is 1.68. The number of nitrogens with zero attached hydrogens (tertiary/aromatic N) is 4. The summed E-state index contributed by atoms with van der Waals surface area (Å²) in [6.45, 7) is 5.49. The van der Waals surface area contributed by atoms with Gasteiger partial charge in [-0.1, -0.05) is 51.3 Å². The molecule has 4 rings (SSSR count). The van der Waals surface area contributed by atoms with Gasteiger partial charge in [0.15, 0.2) is 0 Å². The number of hydrogen-bond donors (Lipinski definition) is 0. The summed E-state index contributed by atoms with van der Waals surface area (Å²) in [7, 11) is 0. The highest BCUT2D eigenvalue weighted by Gasteiger charge is 2.24. The van der Waals surface area contributed by atoms with E-state index in [1.807, 2.05) is 47.9 Å². The molecule has 0 saturated heterocycles. The van der Waals surface area contributed by atoms with Crippen molar-refractivity contribution in [3.63, 3.8) is 0 Å². The summed E-state index contributed by atoms with van der Waals surface area (Å²) in [5, 5.41) is 4.11. The molecule has 6 nitrogen and oxygen atoms in total. The van der Waals surface area contributed by atoms with Crippen LogP contribution in [0.15, 0.2) is 60.9 Å². The van der Waals surface area contributed by atoms with Crippen LogP contribution in [0.5, 0.6) is 0 Å². The zero-order chi connectivity index (χ0) is 24.8. The summed E-state index contributed by atoms with van der Waals surface area (Å²) in [6, 6.07) is 14.0. The number of amides is 2. The maximum absolute atomic E-state index is 14.5. The van der Waals surface area contributed by atoms with Crippen LogP contribution in [0.25, 0.3) is 5.69 Å². The number of aromatic nitrogens is 2. The Morgan fingerprint density at radius 1 is 0.914 bits per heavy atom. The molecule has 0 radical (unpaired) electrons. The van der Waals surface area contributed by atoms with Gasteiger partial charge in [-0.15, -0.1) is 0 Å². The van der Waals surface area contributed by atoms with Crippen LogP contribution >= 0.6 is 0 Å². The molecule has 0 spiro atoms. The molecule has 1 aliphatic rings. The van der Waals surface area contributed by atoms with Gasteiger partial charge in [-0.05, 0) is 48.7 Å². The van der Waals surface area contributed by atoms with E-state index in [9.17, 15) is 14.0 Å². The van der Waals surface area contributed by atoms with Gasteiger partial charge in [-0.3, -0.25) is 9.59 Å². The maximum Gasteiger partial charge on any atom is 0.254 e. The van der Waals surface area contributed by atoms with Crippen LogP contribution in [0.3, 0.4) is 0 Å². The van der Waals surface area contributed by atoms with Gasteiger partial charge in [0.05, 0.1) is 0 Å². The average Bonchev–Trinajstić information content (AvgIpc) is 3.39. The van der Waals surface area contributed by atoms with E-state index in [1.165, 1.54) is 16.8 Å². The van der Waals surface area contributed by atoms with E-state index >= 15 is 0 Å². The Kier molecular flexibility index (Phi) is 7.95. The van der Waals surface area contributed by atoms with Gasteiger partial charge in [-0.25, -0.2) is 9.07 Å². The Morgan fingerprint density at radius 2 is 1.66 bits per heavy atom. The lowest BCUT2D eigenvalue weighted by molar-refractivity contribution is -0.121. The first-order valence-corrected chi connectivity index (χ1v) is 12.4. The largest absolute Gasteiger partial charge is 0.334 e. The minimum atomic E-state index is -0.438. The highest BCUT2D eigenvalue weighted by atomic mass is 19.1. The number of para-hydroxylation sites is 1. The topological polar surface area (TPSA) is 58.4 Å². The van der Waals surface area contributed by atoms with Crippen molar-refractivity contribution in [3.05, 3.63) is 77.9 Å². The van der Waals surface area contributed by atoms with Crippen molar-refractivity contribution in [2.24, 2.45) is 5.92 Å². The van der Waals surface area contributed by atoms with Crippen molar-refractivity contribution in [2.75, 3.05) is 18.0 Å². The van der Waals surface area contributed by atoms with Crippen molar-refractivity contribution in [1.82, 2.24) is 14.7 Å². The average molecular weight is 477 g/mol. The minimum Gasteiger partial charge on any atom is -0.334 e. The summed E-state index contributed by atoms with van der Waals surface area (Å²) in [5.41, 5.74) is 2.45. The molecule has 0 fully saturated rings. The van der Waals surface area contributed by atoms with Crippen LogP contribution in [-0.2, 0) is 11.3 Å². The smallest absolute Gasteiger partial charge is 0.254 e. The van der Waals surface area contributed by atoms with Gasteiger partial charge in [0.25, 0.3) is 5.91 Å². The number of carbonyl (C=O) groups is 2. The molecule has 3 aromatic rings. The van der Waals surface area contributed by atoms with Crippen molar-refractivity contribution < 1.29 is 14.0 Å². The SMILES string of the molecule is CC(C)C(=O)N1CCCCCCCN(C(=O)c2ccc(F)c(-n3cccn3)c2)Cc2ccccc21. The second-order valence-electron chi connectivity index (χ2n) is 9.38. The van der Waals surface area contributed by atoms with Gasteiger partial charge in [0.1, 0.15) is 11.5 Å². The Labute approximate surface area is 206 Å². The zero-order valence-electron chi connectivity index (χ0n) is 20.5. The van der Waals surface area contributed by atoms with E-state index < -0.39 is 5.82 Å². The third-order valence-electron chi connectivity index (χ3n) is 6.44. The fraction of sp³-hybridized carbons (Fsp3) is 0.393. The molecule has 0 bridgehead atoms. The van der Waals surface area contributed by atoms with Gasteiger partial charge >= 0.3 is 0 Å². The maximum atomic E-state index is 14.5. The Hall–Kier alpha value is -3.48. The zero-order valence-corrected chi connectivity index (χ0v) is 20.5. The fourth-order valence-electron chi connectivity index (χ4n) is 4.54. The van der Waals surface area contributed by atoms with Crippen molar-refractivity contribution >= 4 is 17.5 Å². The lowest BCUT2D eigenvalue weighted by atomic mass is 10.0. The molecule has 0 unspecified atom stereocenters. The monoisotopic (exact) mass is 476 g/mol. The molecular weight excluding hydrogens is 443 g/mol. The predicted molar refractivity (Wildman–Crippen MR) is 135 cm³/mol. The fourth-order valence-corrected chi connectivity index (χ4v) is 4.54. The second-order valence-corrected chi connectivity index (χ2v) is 9.38. The van der Waals surface area contributed by atoms with Crippen LogP contribution in [0.4, 0.5) is 10.1 Å². The molecule has 1 aromatic heterocycles. The van der Waals surface area contributed by atoms with Gasteiger partial charge in [-0.2, -0.15) is 5.10 Å². The summed E-state index contributed by atoms with van der Waals surface area (Å²) < 4.78 is 15.9. The van der Waals surface area contributed by atoms with E-state index in [4.69, 9.17) is 0 Å². The van der Waals surface area contributed by atoms with Crippen LogP contribution in [-0.4, -0.2) is 39.6 Å². The molecule has 2 amide bonds. The number of fused-ring (bicyclic) bond motifs is 1. The van der Waals surface area contributed by atoms with E-state index in [2.05, 4.69) is 5.10 Å². The van der Waals surface area contributed by atoms with Crippen LogP contribution in [0, 0.1) is 11.7 Å². The number of carbonyl (C=O) groups excluding carboxylic acids is 2. The molecule has 35 heavy (non-hydrogen) atoms.